The van der Waals surface area contributed by atoms with Crippen LogP contribution in [0.3, 0.4) is 0 Å². The molecule has 1 aromatic heterocycles. The van der Waals surface area contributed by atoms with E-state index in [1.165, 1.54) is 17.9 Å². The van der Waals surface area contributed by atoms with E-state index in [2.05, 4.69) is 33.2 Å². The molecule has 0 aliphatic carbocycles. The number of benzene rings is 1. The molecular weight excluding hydrogens is 349 g/mol. The predicted molar refractivity (Wildman–Crippen MR) is 98.6 cm³/mol. The Labute approximate surface area is 157 Å². The molecule has 9 heteroatoms. The zero-order chi connectivity index (χ0) is 19.2. The maximum atomic E-state index is 14.7. The second kappa shape index (κ2) is 8.51. The van der Waals surface area contributed by atoms with Gasteiger partial charge in [-0.25, -0.2) is 9.07 Å². The minimum absolute atomic E-state index is 0.302. The van der Waals surface area contributed by atoms with Crippen LogP contribution in [0.5, 0.6) is 0 Å². The Balaban J connectivity index is 1.66. The van der Waals surface area contributed by atoms with Crippen molar-refractivity contribution in [3.8, 4) is 11.8 Å². The summed E-state index contributed by atoms with van der Waals surface area (Å²) in [6.07, 6.45) is 1.73. The van der Waals surface area contributed by atoms with Crippen LogP contribution >= 0.6 is 0 Å². The SMILES string of the molecule is C=C(NCc1cn(-c2ccc(N3CCN(CC#N)CC3)c(F)c2)nn1)OC. The van der Waals surface area contributed by atoms with Gasteiger partial charge in [-0.2, -0.15) is 5.26 Å². The summed E-state index contributed by atoms with van der Waals surface area (Å²) in [4.78, 5) is 4.06. The molecule has 0 radical (unpaired) electrons. The summed E-state index contributed by atoms with van der Waals surface area (Å²) < 4.78 is 21.1. The van der Waals surface area contributed by atoms with E-state index in [4.69, 9.17) is 10.00 Å². The molecule has 1 aromatic carbocycles. The first-order valence-electron chi connectivity index (χ1n) is 8.63. The lowest BCUT2D eigenvalue weighted by Crippen LogP contribution is -2.46. The number of hydrogen-bond donors (Lipinski definition) is 1. The van der Waals surface area contributed by atoms with Gasteiger partial charge in [-0.1, -0.05) is 5.21 Å². The Morgan fingerprint density at radius 1 is 1.37 bits per heavy atom. The lowest BCUT2D eigenvalue weighted by Gasteiger charge is -2.35. The highest BCUT2D eigenvalue weighted by molar-refractivity contribution is 5.52. The van der Waals surface area contributed by atoms with Crippen LogP contribution in [0, 0.1) is 17.1 Å². The topological polar surface area (TPSA) is 82.2 Å². The second-order valence-corrected chi connectivity index (χ2v) is 6.19. The van der Waals surface area contributed by atoms with Gasteiger partial charge in [-0.05, 0) is 18.7 Å². The molecule has 0 atom stereocenters. The van der Waals surface area contributed by atoms with E-state index in [-0.39, 0.29) is 5.82 Å². The highest BCUT2D eigenvalue weighted by Crippen LogP contribution is 2.23. The number of hydrogen-bond acceptors (Lipinski definition) is 7. The molecule has 1 fully saturated rings. The minimum Gasteiger partial charge on any atom is -0.483 e. The van der Waals surface area contributed by atoms with Crippen molar-refractivity contribution in [3.63, 3.8) is 0 Å². The quantitative estimate of drug-likeness (QED) is 0.579. The average molecular weight is 371 g/mol. The van der Waals surface area contributed by atoms with Crippen molar-refractivity contribution >= 4 is 5.69 Å². The Kier molecular flexibility index (Phi) is 5.88. The van der Waals surface area contributed by atoms with Gasteiger partial charge in [0.1, 0.15) is 11.5 Å². The molecule has 1 saturated heterocycles. The number of nitriles is 1. The monoisotopic (exact) mass is 371 g/mol. The molecular formula is C18H22FN7O. The van der Waals surface area contributed by atoms with Crippen LogP contribution in [0.25, 0.3) is 5.69 Å². The highest BCUT2D eigenvalue weighted by atomic mass is 19.1. The van der Waals surface area contributed by atoms with Gasteiger partial charge in [-0.3, -0.25) is 4.90 Å². The fourth-order valence-corrected chi connectivity index (χ4v) is 2.91. The third kappa shape index (κ3) is 4.54. The molecule has 3 rings (SSSR count). The van der Waals surface area contributed by atoms with Gasteiger partial charge in [0.05, 0.1) is 43.8 Å². The fraction of sp³-hybridized carbons (Fsp3) is 0.389. The molecule has 0 bridgehead atoms. The van der Waals surface area contributed by atoms with E-state index in [0.717, 1.165) is 13.1 Å². The van der Waals surface area contributed by atoms with Gasteiger partial charge in [0.2, 0.25) is 0 Å². The van der Waals surface area contributed by atoms with Crippen LogP contribution in [0.1, 0.15) is 5.69 Å². The molecule has 0 saturated carbocycles. The van der Waals surface area contributed by atoms with Gasteiger partial charge in [0.15, 0.2) is 5.88 Å². The molecule has 8 nitrogen and oxygen atoms in total. The van der Waals surface area contributed by atoms with E-state index in [1.54, 1.807) is 12.3 Å². The van der Waals surface area contributed by atoms with E-state index in [0.29, 0.717) is 49.1 Å². The normalized spacial score (nSPS) is 14.6. The molecule has 0 spiro atoms. The van der Waals surface area contributed by atoms with Crippen molar-refractivity contribution in [2.24, 2.45) is 0 Å². The van der Waals surface area contributed by atoms with Gasteiger partial charge in [-0.15, -0.1) is 5.10 Å². The predicted octanol–water partition coefficient (Wildman–Crippen LogP) is 1.26. The first-order chi connectivity index (χ1) is 13.1. The molecule has 1 aliphatic rings. The molecule has 142 valence electrons. The highest BCUT2D eigenvalue weighted by Gasteiger charge is 2.19. The van der Waals surface area contributed by atoms with Gasteiger partial charge in [0, 0.05) is 32.2 Å². The van der Waals surface area contributed by atoms with Crippen LogP contribution in [0.2, 0.25) is 0 Å². The summed E-state index contributed by atoms with van der Waals surface area (Å²) >= 11 is 0. The number of piperazine rings is 1. The lowest BCUT2D eigenvalue weighted by molar-refractivity contribution is 0.262. The van der Waals surface area contributed by atoms with Crippen LogP contribution in [0.15, 0.2) is 36.9 Å². The van der Waals surface area contributed by atoms with Crippen molar-refractivity contribution in [2.45, 2.75) is 6.54 Å². The van der Waals surface area contributed by atoms with E-state index in [9.17, 15) is 4.39 Å². The first kappa shape index (κ1) is 18.7. The van der Waals surface area contributed by atoms with Crippen molar-refractivity contribution in [2.75, 3.05) is 44.7 Å². The number of aromatic nitrogens is 3. The molecule has 2 aromatic rings. The summed E-state index contributed by atoms with van der Waals surface area (Å²) in [6, 6.07) is 7.19. The fourth-order valence-electron chi connectivity index (χ4n) is 2.91. The number of nitrogens with zero attached hydrogens (tertiary/aromatic N) is 6. The Morgan fingerprint density at radius 3 is 2.81 bits per heavy atom. The minimum atomic E-state index is -0.302. The summed E-state index contributed by atoms with van der Waals surface area (Å²) in [6.45, 7) is 7.39. The van der Waals surface area contributed by atoms with Crippen molar-refractivity contribution in [1.29, 1.82) is 5.26 Å². The third-order valence-electron chi connectivity index (χ3n) is 4.46. The zero-order valence-electron chi connectivity index (χ0n) is 15.2. The number of methoxy groups -OCH3 is 1. The van der Waals surface area contributed by atoms with E-state index >= 15 is 0 Å². The van der Waals surface area contributed by atoms with Crippen molar-refractivity contribution < 1.29 is 9.13 Å². The van der Waals surface area contributed by atoms with Gasteiger partial charge in [0.25, 0.3) is 0 Å². The van der Waals surface area contributed by atoms with Crippen molar-refractivity contribution in [3.05, 3.63) is 48.4 Å². The average Bonchev–Trinajstić information content (AvgIpc) is 3.16. The number of ether oxygens (including phenoxy) is 1. The number of anilines is 1. The summed E-state index contributed by atoms with van der Waals surface area (Å²) in [5.74, 6) is 0.138. The molecule has 1 N–H and O–H groups in total. The van der Waals surface area contributed by atoms with Crippen LogP contribution in [-0.2, 0) is 11.3 Å². The maximum absolute atomic E-state index is 14.7. The van der Waals surface area contributed by atoms with Crippen LogP contribution in [0.4, 0.5) is 10.1 Å². The maximum Gasteiger partial charge on any atom is 0.179 e. The number of rotatable bonds is 7. The molecule has 27 heavy (non-hydrogen) atoms. The third-order valence-corrected chi connectivity index (χ3v) is 4.46. The summed E-state index contributed by atoms with van der Waals surface area (Å²) in [5, 5.41) is 19.8. The van der Waals surface area contributed by atoms with Gasteiger partial charge >= 0.3 is 0 Å². The Hall–Kier alpha value is -3.12. The molecule has 0 amide bonds. The van der Waals surface area contributed by atoms with E-state index < -0.39 is 0 Å². The molecule has 0 unspecified atom stereocenters. The Morgan fingerprint density at radius 2 is 2.15 bits per heavy atom. The van der Waals surface area contributed by atoms with Gasteiger partial charge < -0.3 is 15.0 Å². The number of halogens is 1. The second-order valence-electron chi connectivity index (χ2n) is 6.19. The smallest absolute Gasteiger partial charge is 0.179 e. The van der Waals surface area contributed by atoms with Crippen LogP contribution < -0.4 is 10.2 Å². The summed E-state index contributed by atoms with van der Waals surface area (Å²) in [5.41, 5.74) is 1.85. The largest absolute Gasteiger partial charge is 0.483 e. The molecule has 2 heterocycles. The van der Waals surface area contributed by atoms with Crippen molar-refractivity contribution in [1.82, 2.24) is 25.2 Å². The lowest BCUT2D eigenvalue weighted by atomic mass is 10.2. The number of nitrogens with one attached hydrogen (secondary N) is 1. The molecule has 1 aliphatic heterocycles. The zero-order valence-corrected chi connectivity index (χ0v) is 15.2. The standard InChI is InChI=1S/C18H22FN7O/c1-14(27-2)21-12-15-13-26(23-22-15)16-3-4-18(17(19)11-16)25-9-7-24(6-5-20)8-10-25/h3-4,11,13,21H,1,6-10,12H2,2H3. The van der Waals surface area contributed by atoms with Crippen LogP contribution in [-0.4, -0.2) is 59.7 Å². The first-order valence-corrected chi connectivity index (χ1v) is 8.63. The Bertz CT molecular complexity index is 836. The summed E-state index contributed by atoms with van der Waals surface area (Å²) in [7, 11) is 1.53. The van der Waals surface area contributed by atoms with E-state index in [1.807, 2.05) is 11.0 Å².